The quantitative estimate of drug-likeness (QED) is 0.0841. The molecule has 0 aromatic heterocycles. The Balaban J connectivity index is 3.38. The van der Waals surface area contributed by atoms with E-state index in [2.05, 4.69) is 20.8 Å². The van der Waals surface area contributed by atoms with Crippen LogP contribution >= 0.6 is 0 Å². The second-order valence-electron chi connectivity index (χ2n) is 12.2. The molecule has 0 aromatic rings. The lowest BCUT2D eigenvalue weighted by atomic mass is 9.99. The van der Waals surface area contributed by atoms with E-state index >= 15 is 0 Å². The van der Waals surface area contributed by atoms with Gasteiger partial charge in [0, 0.05) is 13.2 Å². The van der Waals surface area contributed by atoms with Gasteiger partial charge in [0.1, 0.15) is 6.10 Å². The summed E-state index contributed by atoms with van der Waals surface area (Å²) in [4.78, 5) is 0. The predicted molar refractivity (Wildman–Crippen MR) is 168 cm³/mol. The summed E-state index contributed by atoms with van der Waals surface area (Å²) in [5, 5.41) is 9.62. The average Bonchev–Trinajstić information content (AvgIpc) is 2.92. The van der Waals surface area contributed by atoms with Crippen molar-refractivity contribution in [2.24, 2.45) is 5.92 Å². The SMILES string of the molecule is CCCCCCCCCCCCCCCOC[C@@H](CO)OCCC(C)CCCCCCCCCCCCC. The number of aliphatic hydroxyl groups excluding tert-OH is 1. The van der Waals surface area contributed by atoms with Gasteiger partial charge in [-0.3, -0.25) is 0 Å². The van der Waals surface area contributed by atoms with Gasteiger partial charge in [0.05, 0.1) is 13.2 Å². The largest absolute Gasteiger partial charge is 0.394 e. The third kappa shape index (κ3) is 30.4. The summed E-state index contributed by atoms with van der Waals surface area (Å²) in [6, 6.07) is 0. The highest BCUT2D eigenvalue weighted by molar-refractivity contribution is 4.58. The first-order valence-corrected chi connectivity index (χ1v) is 17.5. The van der Waals surface area contributed by atoms with Gasteiger partial charge < -0.3 is 14.6 Å². The zero-order valence-electron chi connectivity index (χ0n) is 26.6. The van der Waals surface area contributed by atoms with Crippen molar-refractivity contribution < 1.29 is 14.6 Å². The van der Waals surface area contributed by atoms with Crippen LogP contribution in [-0.2, 0) is 9.47 Å². The first-order valence-electron chi connectivity index (χ1n) is 17.5. The van der Waals surface area contributed by atoms with Crippen LogP contribution in [0.15, 0.2) is 0 Å². The van der Waals surface area contributed by atoms with Gasteiger partial charge in [0.25, 0.3) is 0 Å². The Kier molecular flexibility index (Phi) is 33.0. The maximum atomic E-state index is 9.62. The van der Waals surface area contributed by atoms with Gasteiger partial charge in [-0.1, -0.05) is 175 Å². The van der Waals surface area contributed by atoms with Gasteiger partial charge >= 0.3 is 0 Å². The third-order valence-electron chi connectivity index (χ3n) is 8.16. The Morgan fingerprint density at radius 3 is 1.29 bits per heavy atom. The first kappa shape index (κ1) is 37.9. The van der Waals surface area contributed by atoms with E-state index in [-0.39, 0.29) is 12.7 Å². The van der Waals surface area contributed by atoms with Crippen LogP contribution in [0.25, 0.3) is 0 Å². The van der Waals surface area contributed by atoms with Gasteiger partial charge in [0.2, 0.25) is 0 Å². The summed E-state index contributed by atoms with van der Waals surface area (Å²) in [7, 11) is 0. The molecule has 0 spiro atoms. The van der Waals surface area contributed by atoms with Crippen molar-refractivity contribution in [2.75, 3.05) is 26.4 Å². The van der Waals surface area contributed by atoms with Gasteiger partial charge in [0.15, 0.2) is 0 Å². The molecule has 0 aliphatic heterocycles. The number of unbranched alkanes of at least 4 members (excludes halogenated alkanes) is 22. The van der Waals surface area contributed by atoms with Crippen molar-refractivity contribution in [2.45, 2.75) is 194 Å². The zero-order valence-corrected chi connectivity index (χ0v) is 26.6. The third-order valence-corrected chi connectivity index (χ3v) is 8.16. The lowest BCUT2D eigenvalue weighted by Crippen LogP contribution is -2.25. The Labute approximate surface area is 240 Å². The molecule has 3 heteroatoms. The second kappa shape index (κ2) is 33.1. The van der Waals surface area contributed by atoms with Crippen LogP contribution in [-0.4, -0.2) is 37.6 Å². The molecule has 230 valence electrons. The molecule has 2 atom stereocenters. The Morgan fingerprint density at radius 2 is 0.868 bits per heavy atom. The smallest absolute Gasteiger partial charge is 0.104 e. The van der Waals surface area contributed by atoms with Crippen molar-refractivity contribution in [1.29, 1.82) is 0 Å². The second-order valence-corrected chi connectivity index (χ2v) is 12.2. The Morgan fingerprint density at radius 1 is 0.474 bits per heavy atom. The van der Waals surface area contributed by atoms with Crippen LogP contribution in [0.5, 0.6) is 0 Å². The highest BCUT2D eigenvalue weighted by atomic mass is 16.5. The molecule has 0 saturated carbocycles. The first-order chi connectivity index (χ1) is 18.7. The van der Waals surface area contributed by atoms with Crippen LogP contribution in [0.2, 0.25) is 0 Å². The minimum atomic E-state index is -0.161. The van der Waals surface area contributed by atoms with Gasteiger partial charge in [-0.05, 0) is 18.8 Å². The summed E-state index contributed by atoms with van der Waals surface area (Å²) in [5.74, 6) is 0.708. The van der Waals surface area contributed by atoms with Crippen molar-refractivity contribution in [3.63, 3.8) is 0 Å². The molecule has 0 saturated heterocycles. The number of aliphatic hydroxyl groups is 1. The van der Waals surface area contributed by atoms with Crippen molar-refractivity contribution in [1.82, 2.24) is 0 Å². The van der Waals surface area contributed by atoms with Crippen LogP contribution in [0.4, 0.5) is 0 Å². The molecule has 1 N–H and O–H groups in total. The maximum absolute atomic E-state index is 9.62. The number of hydrogen-bond donors (Lipinski definition) is 1. The van der Waals surface area contributed by atoms with Gasteiger partial charge in [-0.2, -0.15) is 0 Å². The normalized spacial score (nSPS) is 13.3. The molecule has 3 nitrogen and oxygen atoms in total. The van der Waals surface area contributed by atoms with E-state index in [1.807, 2.05) is 0 Å². The molecule has 0 aliphatic carbocycles. The fourth-order valence-corrected chi connectivity index (χ4v) is 5.33. The highest BCUT2D eigenvalue weighted by Crippen LogP contribution is 2.17. The monoisotopic (exact) mass is 541 g/mol. The van der Waals surface area contributed by atoms with E-state index < -0.39 is 0 Å². The molecule has 1 unspecified atom stereocenters. The molecule has 0 fully saturated rings. The van der Waals surface area contributed by atoms with Gasteiger partial charge in [-0.25, -0.2) is 0 Å². The summed E-state index contributed by atoms with van der Waals surface area (Å²) >= 11 is 0. The number of hydrogen-bond acceptors (Lipinski definition) is 3. The minimum absolute atomic E-state index is 0.0611. The molecule has 0 bridgehead atoms. The summed E-state index contributed by atoms with van der Waals surface area (Å²) in [6.07, 6.45) is 35.6. The van der Waals surface area contributed by atoms with Gasteiger partial charge in [-0.15, -0.1) is 0 Å². The Hall–Kier alpha value is -0.120. The van der Waals surface area contributed by atoms with E-state index in [0.717, 1.165) is 26.1 Å². The summed E-state index contributed by atoms with van der Waals surface area (Å²) in [5.41, 5.74) is 0. The van der Waals surface area contributed by atoms with Crippen LogP contribution < -0.4 is 0 Å². The van der Waals surface area contributed by atoms with E-state index in [4.69, 9.17) is 9.47 Å². The molecule has 0 aromatic carbocycles. The summed E-state index contributed by atoms with van der Waals surface area (Å²) in [6.45, 7) is 9.05. The maximum Gasteiger partial charge on any atom is 0.104 e. The van der Waals surface area contributed by atoms with E-state index in [0.29, 0.717) is 12.5 Å². The predicted octanol–water partition coefficient (Wildman–Crippen LogP) is 11.2. The van der Waals surface area contributed by atoms with Crippen LogP contribution in [0, 0.1) is 5.92 Å². The standard InChI is InChI=1S/C35H72O3/c1-4-6-8-10-12-14-16-17-19-21-23-25-27-30-37-33-35(32-36)38-31-29-34(3)28-26-24-22-20-18-15-13-11-9-7-5-2/h34-36H,4-33H2,1-3H3/t34?,35-/m1/s1. The van der Waals surface area contributed by atoms with Crippen LogP contribution in [0.1, 0.15) is 188 Å². The fraction of sp³-hybridized carbons (Fsp3) is 1.00. The van der Waals surface area contributed by atoms with Crippen LogP contribution in [0.3, 0.4) is 0 Å². The summed E-state index contributed by atoms with van der Waals surface area (Å²) < 4.78 is 11.7. The Bertz CT molecular complexity index is 414. The van der Waals surface area contributed by atoms with E-state index in [9.17, 15) is 5.11 Å². The van der Waals surface area contributed by atoms with Crippen molar-refractivity contribution in [3.05, 3.63) is 0 Å². The fourth-order valence-electron chi connectivity index (χ4n) is 5.33. The minimum Gasteiger partial charge on any atom is -0.394 e. The molecule has 38 heavy (non-hydrogen) atoms. The van der Waals surface area contributed by atoms with Crippen molar-refractivity contribution >= 4 is 0 Å². The lowest BCUT2D eigenvalue weighted by Gasteiger charge is -2.17. The highest BCUT2D eigenvalue weighted by Gasteiger charge is 2.09. The van der Waals surface area contributed by atoms with E-state index in [1.165, 1.54) is 154 Å². The average molecular weight is 541 g/mol. The molecule has 0 amide bonds. The lowest BCUT2D eigenvalue weighted by molar-refractivity contribution is -0.0459. The molecular weight excluding hydrogens is 468 g/mol. The number of rotatable bonds is 33. The molecule has 0 heterocycles. The van der Waals surface area contributed by atoms with E-state index in [1.54, 1.807) is 0 Å². The zero-order chi connectivity index (χ0) is 27.8. The molecule has 0 rings (SSSR count). The molecule has 0 aliphatic rings. The topological polar surface area (TPSA) is 38.7 Å². The molecular formula is C35H72O3. The van der Waals surface area contributed by atoms with Crippen molar-refractivity contribution in [3.8, 4) is 0 Å². The number of ether oxygens (including phenoxy) is 2. The molecule has 0 radical (unpaired) electrons.